The van der Waals surface area contributed by atoms with Crippen molar-refractivity contribution >= 4 is 0 Å². The quantitative estimate of drug-likeness (QED) is 0.717. The first-order valence-electron chi connectivity index (χ1n) is 9.15. The molecule has 0 aromatic carbocycles. The smallest absolute Gasteiger partial charge is 0.0309 e. The summed E-state index contributed by atoms with van der Waals surface area (Å²) < 4.78 is 0. The van der Waals surface area contributed by atoms with E-state index in [0.717, 1.165) is 18.0 Å². The van der Waals surface area contributed by atoms with Crippen LogP contribution < -0.4 is 5.32 Å². The van der Waals surface area contributed by atoms with Crippen molar-refractivity contribution in [3.8, 4) is 0 Å². The van der Waals surface area contributed by atoms with Crippen LogP contribution in [0.1, 0.15) is 79.1 Å². The molecule has 0 aromatic rings. The molecule has 0 spiro atoms. The molecular formula is C18H36N2. The SMILES string of the molecule is CCCCC(CCC)N1CC(C)(C2CC2)NCC1CC. The highest BCUT2D eigenvalue weighted by Crippen LogP contribution is 2.42. The van der Waals surface area contributed by atoms with Gasteiger partial charge in [0.05, 0.1) is 0 Å². The van der Waals surface area contributed by atoms with Crippen molar-refractivity contribution in [1.29, 1.82) is 0 Å². The number of unbranched alkanes of at least 4 members (excludes halogenated alkanes) is 1. The van der Waals surface area contributed by atoms with Crippen LogP contribution in [0.2, 0.25) is 0 Å². The molecule has 0 amide bonds. The van der Waals surface area contributed by atoms with Crippen molar-refractivity contribution in [2.45, 2.75) is 96.7 Å². The van der Waals surface area contributed by atoms with E-state index in [1.165, 1.54) is 64.5 Å². The van der Waals surface area contributed by atoms with Gasteiger partial charge >= 0.3 is 0 Å². The molecule has 0 bridgehead atoms. The molecule has 118 valence electrons. The standard InChI is InChI=1S/C18H36N2/c1-5-8-10-17(9-6-2)20-14-18(4,15-11-12-15)19-13-16(20)7-3/h15-17,19H,5-14H2,1-4H3. The summed E-state index contributed by atoms with van der Waals surface area (Å²) in [5, 5.41) is 3.90. The summed E-state index contributed by atoms with van der Waals surface area (Å²) in [5.41, 5.74) is 0.393. The van der Waals surface area contributed by atoms with Gasteiger partial charge in [0.2, 0.25) is 0 Å². The topological polar surface area (TPSA) is 15.3 Å². The maximum Gasteiger partial charge on any atom is 0.0309 e. The number of hydrogen-bond acceptors (Lipinski definition) is 2. The van der Waals surface area contributed by atoms with E-state index in [-0.39, 0.29) is 0 Å². The molecule has 1 saturated carbocycles. The first kappa shape index (κ1) is 16.3. The van der Waals surface area contributed by atoms with E-state index in [1.807, 2.05) is 0 Å². The fourth-order valence-corrected chi connectivity index (χ4v) is 4.08. The lowest BCUT2D eigenvalue weighted by molar-refractivity contribution is 0.0291. The molecule has 2 nitrogen and oxygen atoms in total. The lowest BCUT2D eigenvalue weighted by atomic mass is 9.88. The highest BCUT2D eigenvalue weighted by atomic mass is 15.3. The molecular weight excluding hydrogens is 244 g/mol. The van der Waals surface area contributed by atoms with Crippen LogP contribution in [0.4, 0.5) is 0 Å². The van der Waals surface area contributed by atoms with E-state index >= 15 is 0 Å². The Kier molecular flexibility index (Phi) is 5.92. The summed E-state index contributed by atoms with van der Waals surface area (Å²) in [6, 6.07) is 1.58. The predicted molar refractivity (Wildman–Crippen MR) is 88.1 cm³/mol. The molecule has 3 unspecified atom stereocenters. The van der Waals surface area contributed by atoms with Crippen LogP contribution in [0.3, 0.4) is 0 Å². The van der Waals surface area contributed by atoms with Gasteiger partial charge in [-0.2, -0.15) is 0 Å². The molecule has 2 aliphatic rings. The van der Waals surface area contributed by atoms with E-state index < -0.39 is 0 Å². The third-order valence-electron chi connectivity index (χ3n) is 5.65. The Morgan fingerprint density at radius 1 is 1.15 bits per heavy atom. The van der Waals surface area contributed by atoms with Gasteiger partial charge in [0.15, 0.2) is 0 Å². The van der Waals surface area contributed by atoms with Crippen molar-refractivity contribution in [2.75, 3.05) is 13.1 Å². The number of nitrogens with one attached hydrogen (secondary N) is 1. The Labute approximate surface area is 126 Å². The van der Waals surface area contributed by atoms with Crippen molar-refractivity contribution in [2.24, 2.45) is 5.92 Å². The molecule has 0 aromatic heterocycles. The zero-order chi connectivity index (χ0) is 14.6. The van der Waals surface area contributed by atoms with Crippen LogP contribution in [-0.4, -0.2) is 35.6 Å². The van der Waals surface area contributed by atoms with E-state index in [4.69, 9.17) is 0 Å². The molecule has 2 fully saturated rings. The molecule has 2 heteroatoms. The van der Waals surface area contributed by atoms with Gasteiger partial charge in [-0.1, -0.05) is 40.0 Å². The second-order valence-corrected chi connectivity index (χ2v) is 7.39. The molecule has 1 N–H and O–H groups in total. The summed E-state index contributed by atoms with van der Waals surface area (Å²) in [6.45, 7) is 12.0. The molecule has 1 aliphatic heterocycles. The average molecular weight is 280 g/mol. The van der Waals surface area contributed by atoms with Crippen LogP contribution >= 0.6 is 0 Å². The van der Waals surface area contributed by atoms with Crippen LogP contribution in [0, 0.1) is 5.92 Å². The van der Waals surface area contributed by atoms with Crippen LogP contribution in [0.15, 0.2) is 0 Å². The summed E-state index contributed by atoms with van der Waals surface area (Å²) in [4.78, 5) is 2.90. The molecule has 1 aliphatic carbocycles. The molecule has 0 radical (unpaired) electrons. The van der Waals surface area contributed by atoms with Crippen LogP contribution in [0.25, 0.3) is 0 Å². The third-order valence-corrected chi connectivity index (χ3v) is 5.65. The fourth-order valence-electron chi connectivity index (χ4n) is 4.08. The molecule has 3 atom stereocenters. The highest BCUT2D eigenvalue weighted by molar-refractivity contribution is 5.05. The van der Waals surface area contributed by atoms with Crippen LogP contribution in [0.5, 0.6) is 0 Å². The maximum atomic E-state index is 3.90. The number of nitrogens with zero attached hydrogens (tertiary/aromatic N) is 1. The first-order chi connectivity index (χ1) is 9.64. The maximum absolute atomic E-state index is 3.90. The van der Waals surface area contributed by atoms with Gasteiger partial charge in [0, 0.05) is 30.7 Å². The number of hydrogen-bond donors (Lipinski definition) is 1. The Morgan fingerprint density at radius 2 is 1.90 bits per heavy atom. The van der Waals surface area contributed by atoms with Crippen LogP contribution in [-0.2, 0) is 0 Å². The normalized spacial score (nSPS) is 33.3. The van der Waals surface area contributed by atoms with Crippen molar-refractivity contribution in [1.82, 2.24) is 10.2 Å². The Balaban J connectivity index is 2.04. The second-order valence-electron chi connectivity index (χ2n) is 7.39. The van der Waals surface area contributed by atoms with E-state index in [9.17, 15) is 0 Å². The van der Waals surface area contributed by atoms with Gasteiger partial charge in [-0.05, 0) is 44.9 Å². The Morgan fingerprint density at radius 3 is 2.45 bits per heavy atom. The molecule has 1 saturated heterocycles. The van der Waals surface area contributed by atoms with E-state index in [2.05, 4.69) is 37.9 Å². The monoisotopic (exact) mass is 280 g/mol. The zero-order valence-electron chi connectivity index (χ0n) is 14.3. The largest absolute Gasteiger partial charge is 0.308 e. The van der Waals surface area contributed by atoms with E-state index in [1.54, 1.807) is 0 Å². The lowest BCUT2D eigenvalue weighted by Crippen LogP contribution is -2.65. The summed E-state index contributed by atoms with van der Waals surface area (Å²) in [5.74, 6) is 0.941. The number of piperazine rings is 1. The number of rotatable bonds is 8. The summed E-state index contributed by atoms with van der Waals surface area (Å²) in [7, 11) is 0. The lowest BCUT2D eigenvalue weighted by Gasteiger charge is -2.50. The first-order valence-corrected chi connectivity index (χ1v) is 9.15. The van der Waals surface area contributed by atoms with Crippen molar-refractivity contribution in [3.63, 3.8) is 0 Å². The highest BCUT2D eigenvalue weighted by Gasteiger charge is 2.46. The predicted octanol–water partition coefficient (Wildman–Crippen LogP) is 4.20. The van der Waals surface area contributed by atoms with Gasteiger partial charge in [-0.15, -0.1) is 0 Å². The van der Waals surface area contributed by atoms with Gasteiger partial charge < -0.3 is 5.32 Å². The van der Waals surface area contributed by atoms with Gasteiger partial charge in [0.25, 0.3) is 0 Å². The van der Waals surface area contributed by atoms with Crippen molar-refractivity contribution < 1.29 is 0 Å². The van der Waals surface area contributed by atoms with E-state index in [0.29, 0.717) is 5.54 Å². The van der Waals surface area contributed by atoms with Gasteiger partial charge in [0.1, 0.15) is 0 Å². The van der Waals surface area contributed by atoms with Gasteiger partial charge in [-0.3, -0.25) is 4.90 Å². The Hall–Kier alpha value is -0.0800. The minimum atomic E-state index is 0.393. The molecule has 2 rings (SSSR count). The fraction of sp³-hybridized carbons (Fsp3) is 1.00. The second kappa shape index (κ2) is 7.26. The summed E-state index contributed by atoms with van der Waals surface area (Å²) in [6.07, 6.45) is 11.0. The minimum absolute atomic E-state index is 0.393. The zero-order valence-corrected chi connectivity index (χ0v) is 14.3. The Bertz CT molecular complexity index is 287. The molecule has 1 heterocycles. The summed E-state index contributed by atoms with van der Waals surface area (Å²) >= 11 is 0. The average Bonchev–Trinajstić information content (AvgIpc) is 3.28. The van der Waals surface area contributed by atoms with Gasteiger partial charge in [-0.25, -0.2) is 0 Å². The molecule has 20 heavy (non-hydrogen) atoms. The minimum Gasteiger partial charge on any atom is -0.308 e. The third kappa shape index (κ3) is 3.76. The van der Waals surface area contributed by atoms with Crippen molar-refractivity contribution in [3.05, 3.63) is 0 Å².